The van der Waals surface area contributed by atoms with E-state index in [2.05, 4.69) is 57.2 Å². The Kier molecular flexibility index (Phi) is 5.53. The SMILES string of the molecule is CC[C@]1(O)CC[C@@]2(C)[C@@H](CC[C@H]3[C@@H]4[C@@H](C)C[C@H]([C@H](C)CI)[C@@]4(C)CC[C@@H]32)C1. The van der Waals surface area contributed by atoms with Crippen LogP contribution in [0.4, 0.5) is 0 Å². The van der Waals surface area contributed by atoms with Gasteiger partial charge in [-0.25, -0.2) is 0 Å². The van der Waals surface area contributed by atoms with Crippen LogP contribution in [0.2, 0.25) is 0 Å². The summed E-state index contributed by atoms with van der Waals surface area (Å²) in [5, 5.41) is 11.0. The van der Waals surface area contributed by atoms with Crippen LogP contribution in [0.3, 0.4) is 0 Å². The summed E-state index contributed by atoms with van der Waals surface area (Å²) >= 11 is 2.63. The molecule has 4 rings (SSSR count). The van der Waals surface area contributed by atoms with E-state index in [1.807, 2.05) is 0 Å². The molecule has 0 bridgehead atoms. The Labute approximate surface area is 182 Å². The Balaban J connectivity index is 1.61. The van der Waals surface area contributed by atoms with Crippen LogP contribution in [0.15, 0.2) is 0 Å². The van der Waals surface area contributed by atoms with E-state index in [9.17, 15) is 5.11 Å². The minimum Gasteiger partial charge on any atom is -0.390 e. The van der Waals surface area contributed by atoms with Crippen molar-refractivity contribution in [1.29, 1.82) is 0 Å². The highest BCUT2D eigenvalue weighted by Crippen LogP contribution is 2.70. The number of hydrogen-bond acceptors (Lipinski definition) is 1. The largest absolute Gasteiger partial charge is 0.390 e. The molecule has 0 aromatic rings. The fraction of sp³-hybridized carbons (Fsp3) is 1.00. The number of rotatable bonds is 3. The van der Waals surface area contributed by atoms with Crippen LogP contribution >= 0.6 is 22.6 Å². The lowest BCUT2D eigenvalue weighted by Gasteiger charge is -2.62. The first-order chi connectivity index (χ1) is 12.7. The quantitative estimate of drug-likeness (QED) is 0.333. The van der Waals surface area contributed by atoms with E-state index in [0.29, 0.717) is 10.8 Å². The Bertz CT molecular complexity index is 563. The molecule has 0 aromatic carbocycles. The van der Waals surface area contributed by atoms with Crippen molar-refractivity contribution in [3.8, 4) is 0 Å². The molecule has 0 aliphatic heterocycles. The molecule has 10 atom stereocenters. The zero-order valence-electron chi connectivity index (χ0n) is 18.4. The number of aliphatic hydroxyl groups is 1. The maximum atomic E-state index is 11.0. The van der Waals surface area contributed by atoms with Crippen LogP contribution in [-0.2, 0) is 0 Å². The molecule has 1 N–H and O–H groups in total. The highest BCUT2D eigenvalue weighted by Gasteiger charge is 2.63. The predicted molar refractivity (Wildman–Crippen MR) is 123 cm³/mol. The first-order valence-electron chi connectivity index (χ1n) is 12.0. The van der Waals surface area contributed by atoms with Gasteiger partial charge in [0.15, 0.2) is 0 Å². The summed E-state index contributed by atoms with van der Waals surface area (Å²) in [5.41, 5.74) is 0.729. The molecule has 0 saturated heterocycles. The average Bonchev–Trinajstić information content (AvgIpc) is 2.93. The maximum absolute atomic E-state index is 11.0. The Morgan fingerprint density at radius 2 is 1.81 bits per heavy atom. The van der Waals surface area contributed by atoms with Crippen molar-refractivity contribution in [1.82, 2.24) is 0 Å². The van der Waals surface area contributed by atoms with Gasteiger partial charge in [0, 0.05) is 4.43 Å². The highest BCUT2D eigenvalue weighted by atomic mass is 127. The molecule has 0 radical (unpaired) electrons. The maximum Gasteiger partial charge on any atom is 0.0648 e. The summed E-state index contributed by atoms with van der Waals surface area (Å²) in [6, 6.07) is 0. The van der Waals surface area contributed by atoms with Crippen molar-refractivity contribution in [2.24, 2.45) is 52.3 Å². The zero-order chi connectivity index (χ0) is 19.6. The van der Waals surface area contributed by atoms with E-state index in [1.165, 1.54) is 43.0 Å². The first-order valence-corrected chi connectivity index (χ1v) is 13.5. The normalized spacial score (nSPS) is 56.1. The van der Waals surface area contributed by atoms with Gasteiger partial charge in [-0.2, -0.15) is 0 Å². The van der Waals surface area contributed by atoms with E-state index >= 15 is 0 Å². The molecular weight excluding hydrogens is 443 g/mol. The first kappa shape index (κ1) is 20.9. The van der Waals surface area contributed by atoms with Gasteiger partial charge in [-0.1, -0.05) is 57.2 Å². The molecule has 0 heterocycles. The molecule has 27 heavy (non-hydrogen) atoms. The number of fused-ring (bicyclic) bond motifs is 5. The van der Waals surface area contributed by atoms with Gasteiger partial charge in [-0.3, -0.25) is 0 Å². The number of hydrogen-bond donors (Lipinski definition) is 1. The minimum absolute atomic E-state index is 0.359. The van der Waals surface area contributed by atoms with Crippen molar-refractivity contribution in [2.75, 3.05) is 4.43 Å². The minimum atomic E-state index is -0.359. The molecule has 0 aromatic heterocycles. The molecule has 0 amide bonds. The van der Waals surface area contributed by atoms with Gasteiger partial charge >= 0.3 is 0 Å². The van der Waals surface area contributed by atoms with E-state index in [1.54, 1.807) is 0 Å². The summed E-state index contributed by atoms with van der Waals surface area (Å²) < 4.78 is 1.32. The Morgan fingerprint density at radius 1 is 1.07 bits per heavy atom. The molecule has 4 fully saturated rings. The van der Waals surface area contributed by atoms with E-state index in [-0.39, 0.29) is 5.60 Å². The molecule has 0 spiro atoms. The van der Waals surface area contributed by atoms with E-state index in [4.69, 9.17) is 0 Å². The summed E-state index contributed by atoms with van der Waals surface area (Å²) in [7, 11) is 0. The summed E-state index contributed by atoms with van der Waals surface area (Å²) in [4.78, 5) is 0. The highest BCUT2D eigenvalue weighted by molar-refractivity contribution is 14.1. The van der Waals surface area contributed by atoms with Gasteiger partial charge in [0.2, 0.25) is 0 Å². The van der Waals surface area contributed by atoms with Gasteiger partial charge in [-0.05, 0) is 110 Å². The van der Waals surface area contributed by atoms with Crippen molar-refractivity contribution >= 4 is 22.6 Å². The van der Waals surface area contributed by atoms with E-state index < -0.39 is 0 Å². The van der Waals surface area contributed by atoms with Crippen molar-refractivity contribution in [2.45, 2.75) is 98.0 Å². The lowest BCUT2D eigenvalue weighted by atomic mass is 9.43. The van der Waals surface area contributed by atoms with Crippen molar-refractivity contribution < 1.29 is 5.11 Å². The lowest BCUT2D eigenvalue weighted by Crippen LogP contribution is -2.56. The van der Waals surface area contributed by atoms with Gasteiger partial charge in [0.05, 0.1) is 5.60 Å². The van der Waals surface area contributed by atoms with Gasteiger partial charge in [-0.15, -0.1) is 0 Å². The molecule has 4 saturated carbocycles. The third-order valence-electron chi connectivity index (χ3n) is 10.8. The summed E-state index contributed by atoms with van der Waals surface area (Å²) in [5.74, 6) is 6.33. The van der Waals surface area contributed by atoms with Gasteiger partial charge in [0.1, 0.15) is 0 Å². The predicted octanol–water partition coefficient (Wildman–Crippen LogP) is 7.10. The lowest BCUT2D eigenvalue weighted by molar-refractivity contribution is -0.156. The van der Waals surface area contributed by atoms with Gasteiger partial charge in [0.25, 0.3) is 0 Å². The fourth-order valence-corrected chi connectivity index (χ4v) is 9.85. The Hall–Kier alpha value is 0.690. The van der Waals surface area contributed by atoms with Crippen molar-refractivity contribution in [3.05, 3.63) is 0 Å². The second-order valence-electron chi connectivity index (χ2n) is 11.9. The second kappa shape index (κ2) is 7.13. The molecular formula is C25H43IO. The average molecular weight is 487 g/mol. The standard InChI is InChI=1S/C25H43IO/c1-6-25(27)12-11-23(4)18(14-25)7-8-19-20(23)9-10-24(5)21(17(3)15-26)13-16(2)22(19)24/h16-22,27H,6-15H2,1-5H3/t16-,17+,18-,19+,20-,21+,22-,23-,24+,25-/m0/s1. The molecule has 0 unspecified atom stereocenters. The van der Waals surface area contributed by atoms with Crippen LogP contribution in [-0.4, -0.2) is 15.1 Å². The van der Waals surface area contributed by atoms with Crippen molar-refractivity contribution in [3.63, 3.8) is 0 Å². The fourth-order valence-electron chi connectivity index (χ4n) is 9.23. The smallest absolute Gasteiger partial charge is 0.0648 e. The molecule has 2 heteroatoms. The van der Waals surface area contributed by atoms with Crippen LogP contribution in [0.5, 0.6) is 0 Å². The zero-order valence-corrected chi connectivity index (χ0v) is 20.6. The van der Waals surface area contributed by atoms with Crippen LogP contribution in [0.25, 0.3) is 0 Å². The third-order valence-corrected chi connectivity index (χ3v) is 12.2. The second-order valence-corrected chi connectivity index (χ2v) is 12.7. The summed E-state index contributed by atoms with van der Waals surface area (Å²) in [6.07, 6.45) is 11.6. The van der Waals surface area contributed by atoms with Crippen LogP contribution in [0.1, 0.15) is 92.4 Å². The molecule has 1 nitrogen and oxygen atoms in total. The number of halogens is 1. The number of alkyl halides is 1. The molecule has 4 aliphatic carbocycles. The van der Waals surface area contributed by atoms with Crippen LogP contribution < -0.4 is 0 Å². The molecule has 4 aliphatic rings. The van der Waals surface area contributed by atoms with Crippen LogP contribution in [0, 0.1) is 52.3 Å². The monoisotopic (exact) mass is 486 g/mol. The topological polar surface area (TPSA) is 20.2 Å². The summed E-state index contributed by atoms with van der Waals surface area (Å²) in [6.45, 7) is 12.6. The Morgan fingerprint density at radius 3 is 2.48 bits per heavy atom. The molecule has 156 valence electrons. The van der Waals surface area contributed by atoms with E-state index in [0.717, 1.165) is 60.7 Å². The van der Waals surface area contributed by atoms with Gasteiger partial charge < -0.3 is 5.11 Å². The third kappa shape index (κ3) is 3.08.